The van der Waals surface area contributed by atoms with Crippen LogP contribution in [0.25, 0.3) is 21.8 Å². The molecular formula is C29H30N2O5. The summed E-state index contributed by atoms with van der Waals surface area (Å²) < 4.78 is 16.7. The Kier molecular flexibility index (Phi) is 7.50. The Morgan fingerprint density at radius 1 is 0.889 bits per heavy atom. The lowest BCUT2D eigenvalue weighted by atomic mass is 10.0. The van der Waals surface area contributed by atoms with Crippen molar-refractivity contribution in [2.45, 2.75) is 20.3 Å². The Bertz CT molecular complexity index is 1420. The van der Waals surface area contributed by atoms with Crippen LogP contribution < -0.4 is 9.47 Å². The first kappa shape index (κ1) is 25.1. The van der Waals surface area contributed by atoms with Gasteiger partial charge in [0.05, 0.1) is 35.9 Å². The summed E-state index contributed by atoms with van der Waals surface area (Å²) in [4.78, 5) is 32.5. The van der Waals surface area contributed by atoms with Crippen molar-refractivity contribution in [3.8, 4) is 11.5 Å². The third kappa shape index (κ3) is 5.31. The monoisotopic (exact) mass is 486 g/mol. The molecule has 0 unspecified atom stereocenters. The van der Waals surface area contributed by atoms with Crippen molar-refractivity contribution in [1.29, 1.82) is 0 Å². The number of hydrogen-bond donors (Lipinski definition) is 0. The maximum absolute atomic E-state index is 13.7. The minimum absolute atomic E-state index is 0.406. The molecule has 0 aliphatic carbocycles. The van der Waals surface area contributed by atoms with Crippen LogP contribution >= 0.6 is 0 Å². The zero-order valence-electron chi connectivity index (χ0n) is 21.3. The summed E-state index contributed by atoms with van der Waals surface area (Å²) in [5.41, 5.74) is 3.53. The summed E-state index contributed by atoms with van der Waals surface area (Å²) in [6, 6.07) is 16.4. The number of carbonyl (C=O) groups excluding carboxylic acids is 2. The molecule has 0 saturated heterocycles. The number of nitrogens with zero attached hydrogens (tertiary/aromatic N) is 2. The van der Waals surface area contributed by atoms with Gasteiger partial charge < -0.3 is 19.1 Å². The zero-order chi connectivity index (χ0) is 25.8. The van der Waals surface area contributed by atoms with Gasteiger partial charge >= 0.3 is 11.9 Å². The molecule has 0 bridgehead atoms. The SMILES string of the molecule is COC(=O)c1cc(C)c(OC(=O)c2c3ccccc3nc3ccc(OCCCN(C)C)cc23)c(C)c1. The van der Waals surface area contributed by atoms with Gasteiger partial charge in [-0.05, 0) is 81.9 Å². The van der Waals surface area contributed by atoms with Crippen LogP contribution in [0.3, 0.4) is 0 Å². The number of esters is 2. The van der Waals surface area contributed by atoms with Crippen molar-refractivity contribution in [1.82, 2.24) is 9.88 Å². The second-order valence-electron chi connectivity index (χ2n) is 9.01. The number of hydrogen-bond acceptors (Lipinski definition) is 7. The summed E-state index contributed by atoms with van der Waals surface area (Å²) >= 11 is 0. The average Bonchev–Trinajstić information content (AvgIpc) is 2.86. The molecule has 0 fully saturated rings. The number of aryl methyl sites for hydroxylation is 2. The fourth-order valence-electron chi connectivity index (χ4n) is 4.24. The normalized spacial score (nSPS) is 11.2. The van der Waals surface area contributed by atoms with Gasteiger partial charge in [-0.15, -0.1) is 0 Å². The Morgan fingerprint density at radius 3 is 2.28 bits per heavy atom. The molecule has 1 aromatic heterocycles. The van der Waals surface area contributed by atoms with Crippen molar-refractivity contribution in [2.24, 2.45) is 0 Å². The van der Waals surface area contributed by atoms with E-state index in [0.717, 1.165) is 13.0 Å². The Hall–Kier alpha value is -3.97. The number of fused-ring (bicyclic) bond motifs is 2. The summed E-state index contributed by atoms with van der Waals surface area (Å²) in [6.07, 6.45) is 0.885. The van der Waals surface area contributed by atoms with Crippen molar-refractivity contribution >= 4 is 33.7 Å². The van der Waals surface area contributed by atoms with Gasteiger partial charge in [0.1, 0.15) is 11.5 Å². The van der Waals surface area contributed by atoms with Gasteiger partial charge in [0.2, 0.25) is 0 Å². The van der Waals surface area contributed by atoms with Gasteiger partial charge in [-0.1, -0.05) is 18.2 Å². The number of para-hydroxylation sites is 1. The van der Waals surface area contributed by atoms with E-state index in [4.69, 9.17) is 19.2 Å². The summed E-state index contributed by atoms with van der Waals surface area (Å²) in [6.45, 7) is 5.08. The van der Waals surface area contributed by atoms with Crippen molar-refractivity contribution in [2.75, 3.05) is 34.4 Å². The van der Waals surface area contributed by atoms with E-state index in [2.05, 4.69) is 4.90 Å². The second kappa shape index (κ2) is 10.7. The number of rotatable bonds is 8. The first-order valence-corrected chi connectivity index (χ1v) is 11.8. The number of aromatic nitrogens is 1. The van der Waals surface area contributed by atoms with Crippen molar-refractivity contribution in [3.63, 3.8) is 0 Å². The Balaban J connectivity index is 1.74. The lowest BCUT2D eigenvalue weighted by Crippen LogP contribution is -2.15. The van der Waals surface area contributed by atoms with E-state index in [1.807, 2.05) is 56.6 Å². The molecule has 186 valence electrons. The van der Waals surface area contributed by atoms with Gasteiger partial charge in [-0.25, -0.2) is 14.6 Å². The molecule has 0 radical (unpaired) electrons. The number of ether oxygens (including phenoxy) is 3. The number of pyridine rings is 1. The van der Waals surface area contributed by atoms with Crippen LogP contribution in [0.15, 0.2) is 54.6 Å². The fraction of sp³-hybridized carbons (Fsp3) is 0.276. The zero-order valence-corrected chi connectivity index (χ0v) is 21.3. The maximum atomic E-state index is 13.7. The molecule has 4 aromatic rings. The van der Waals surface area contributed by atoms with E-state index in [0.29, 0.717) is 62.2 Å². The van der Waals surface area contributed by atoms with Crippen LogP contribution in [0.2, 0.25) is 0 Å². The molecule has 0 aliphatic rings. The van der Waals surface area contributed by atoms with Crippen LogP contribution in [-0.4, -0.2) is 56.2 Å². The first-order valence-electron chi connectivity index (χ1n) is 11.8. The van der Waals surface area contributed by atoms with E-state index >= 15 is 0 Å². The number of methoxy groups -OCH3 is 1. The molecule has 3 aromatic carbocycles. The van der Waals surface area contributed by atoms with Crippen LogP contribution in [0, 0.1) is 13.8 Å². The quantitative estimate of drug-likeness (QED) is 0.144. The summed E-state index contributed by atoms with van der Waals surface area (Å²) in [5.74, 6) is 0.142. The predicted molar refractivity (Wildman–Crippen MR) is 140 cm³/mol. The summed E-state index contributed by atoms with van der Waals surface area (Å²) in [7, 11) is 5.38. The van der Waals surface area contributed by atoms with E-state index in [1.54, 1.807) is 26.0 Å². The van der Waals surface area contributed by atoms with Crippen molar-refractivity contribution < 1.29 is 23.8 Å². The number of carbonyl (C=O) groups is 2. The molecule has 4 rings (SSSR count). The number of benzene rings is 3. The molecule has 0 spiro atoms. The second-order valence-corrected chi connectivity index (χ2v) is 9.01. The highest BCUT2D eigenvalue weighted by molar-refractivity contribution is 6.15. The minimum Gasteiger partial charge on any atom is -0.494 e. The van der Waals surface area contributed by atoms with Crippen LogP contribution in [0.1, 0.15) is 38.3 Å². The molecule has 0 amide bonds. The van der Waals surface area contributed by atoms with Gasteiger partial charge in [0, 0.05) is 17.3 Å². The van der Waals surface area contributed by atoms with E-state index < -0.39 is 11.9 Å². The third-order valence-electron chi connectivity index (χ3n) is 5.95. The minimum atomic E-state index is -0.500. The Labute approximate surface area is 210 Å². The largest absolute Gasteiger partial charge is 0.494 e. The maximum Gasteiger partial charge on any atom is 0.344 e. The topological polar surface area (TPSA) is 78.0 Å². The van der Waals surface area contributed by atoms with E-state index in [-0.39, 0.29) is 0 Å². The molecule has 7 nitrogen and oxygen atoms in total. The molecule has 7 heteroatoms. The van der Waals surface area contributed by atoms with Gasteiger partial charge in [-0.3, -0.25) is 0 Å². The third-order valence-corrected chi connectivity index (χ3v) is 5.95. The standard InChI is InChI=1S/C29H30N2O5/c1-18-15-20(28(32)34-5)16-19(2)27(18)36-29(33)26-22-9-6-7-10-24(22)30-25-12-11-21(17-23(25)26)35-14-8-13-31(3)4/h6-7,9-12,15-17H,8,13-14H2,1-5H3. The van der Waals surface area contributed by atoms with Crippen LogP contribution in [-0.2, 0) is 4.74 Å². The van der Waals surface area contributed by atoms with Gasteiger partial charge in [0.25, 0.3) is 0 Å². The first-order chi connectivity index (χ1) is 17.3. The molecule has 1 heterocycles. The molecule has 0 aliphatic heterocycles. The lowest BCUT2D eigenvalue weighted by molar-refractivity contribution is 0.0600. The van der Waals surface area contributed by atoms with Crippen LogP contribution in [0.5, 0.6) is 11.5 Å². The van der Waals surface area contributed by atoms with Gasteiger partial charge in [0.15, 0.2) is 0 Å². The molecular weight excluding hydrogens is 456 g/mol. The molecule has 0 saturated carbocycles. The smallest absolute Gasteiger partial charge is 0.344 e. The molecule has 0 atom stereocenters. The predicted octanol–water partition coefficient (Wildman–Crippen LogP) is 5.34. The fourth-order valence-corrected chi connectivity index (χ4v) is 4.24. The lowest BCUT2D eigenvalue weighted by Gasteiger charge is -2.15. The Morgan fingerprint density at radius 2 is 1.58 bits per heavy atom. The van der Waals surface area contributed by atoms with Crippen LogP contribution in [0.4, 0.5) is 0 Å². The average molecular weight is 487 g/mol. The highest BCUT2D eigenvalue weighted by Crippen LogP contribution is 2.32. The molecule has 36 heavy (non-hydrogen) atoms. The van der Waals surface area contributed by atoms with E-state index in [1.165, 1.54) is 7.11 Å². The van der Waals surface area contributed by atoms with Gasteiger partial charge in [-0.2, -0.15) is 0 Å². The molecule has 0 N–H and O–H groups in total. The van der Waals surface area contributed by atoms with E-state index in [9.17, 15) is 9.59 Å². The highest BCUT2D eigenvalue weighted by Gasteiger charge is 2.21. The highest BCUT2D eigenvalue weighted by atomic mass is 16.5. The summed E-state index contributed by atoms with van der Waals surface area (Å²) in [5, 5.41) is 1.35. The van der Waals surface area contributed by atoms with Crippen molar-refractivity contribution in [3.05, 3.63) is 76.9 Å².